The number of nitrogens with zero attached hydrogens (tertiary/aromatic N) is 1. The number of aromatic nitrogens is 1. The largest absolute Gasteiger partial charge is 0.451 e. The summed E-state index contributed by atoms with van der Waals surface area (Å²) in [5.41, 5.74) is 1.30. The molecule has 0 unspecified atom stereocenters. The van der Waals surface area contributed by atoms with Crippen molar-refractivity contribution >= 4 is 40.7 Å². The van der Waals surface area contributed by atoms with Gasteiger partial charge in [-0.25, -0.2) is 9.78 Å². The van der Waals surface area contributed by atoms with E-state index in [9.17, 15) is 14.4 Å². The number of esters is 1. The van der Waals surface area contributed by atoms with Gasteiger partial charge in [-0.15, -0.1) is 11.3 Å². The van der Waals surface area contributed by atoms with Gasteiger partial charge in [-0.1, -0.05) is 23.7 Å². The Kier molecular flexibility index (Phi) is 7.32. The summed E-state index contributed by atoms with van der Waals surface area (Å²) in [5, 5.41) is 6.27. The number of carbonyl (C=O) groups excluding carboxylic acids is 3. The lowest BCUT2D eigenvalue weighted by Crippen LogP contribution is -2.46. The van der Waals surface area contributed by atoms with E-state index in [-0.39, 0.29) is 5.91 Å². The molecule has 0 saturated heterocycles. The highest BCUT2D eigenvalue weighted by atomic mass is 35.5. The maximum Gasteiger partial charge on any atom is 0.350 e. The van der Waals surface area contributed by atoms with Crippen LogP contribution in [0.25, 0.3) is 10.6 Å². The molecule has 144 valence electrons. The summed E-state index contributed by atoms with van der Waals surface area (Å²) in [6.45, 7) is 5.01. The molecule has 9 heteroatoms. The van der Waals surface area contributed by atoms with E-state index in [1.165, 1.54) is 11.3 Å². The fraction of sp³-hybridized carbons (Fsp3) is 0.333. The van der Waals surface area contributed by atoms with Crippen LogP contribution in [0.3, 0.4) is 0 Å². The van der Waals surface area contributed by atoms with Gasteiger partial charge in [0.05, 0.1) is 5.69 Å². The summed E-state index contributed by atoms with van der Waals surface area (Å²) in [5.74, 6) is -1.50. The van der Waals surface area contributed by atoms with Crippen molar-refractivity contribution in [2.24, 2.45) is 0 Å². The van der Waals surface area contributed by atoms with Crippen LogP contribution >= 0.6 is 22.9 Å². The molecule has 2 N–H and O–H groups in total. The van der Waals surface area contributed by atoms with Gasteiger partial charge in [0.1, 0.15) is 15.9 Å². The van der Waals surface area contributed by atoms with Gasteiger partial charge in [0.15, 0.2) is 6.61 Å². The zero-order valence-electron chi connectivity index (χ0n) is 15.2. The van der Waals surface area contributed by atoms with Crippen molar-refractivity contribution in [2.45, 2.75) is 26.8 Å². The molecule has 1 atom stereocenters. The zero-order valence-corrected chi connectivity index (χ0v) is 16.7. The molecule has 0 saturated carbocycles. The van der Waals surface area contributed by atoms with Gasteiger partial charge in [-0.3, -0.25) is 9.59 Å². The average Bonchev–Trinajstić information content (AvgIpc) is 3.01. The normalized spacial score (nSPS) is 11.6. The topological polar surface area (TPSA) is 97.4 Å². The van der Waals surface area contributed by atoms with Crippen molar-refractivity contribution in [1.82, 2.24) is 15.6 Å². The molecule has 2 aromatic rings. The zero-order chi connectivity index (χ0) is 20.0. The van der Waals surface area contributed by atoms with E-state index in [2.05, 4.69) is 15.6 Å². The van der Waals surface area contributed by atoms with Crippen LogP contribution in [0.15, 0.2) is 24.3 Å². The lowest BCUT2D eigenvalue weighted by atomic mass is 10.2. The number of hydrogen-bond donors (Lipinski definition) is 2. The van der Waals surface area contributed by atoms with Crippen molar-refractivity contribution in [1.29, 1.82) is 0 Å². The van der Waals surface area contributed by atoms with E-state index >= 15 is 0 Å². The van der Waals surface area contributed by atoms with Crippen LogP contribution < -0.4 is 10.6 Å². The minimum atomic E-state index is -0.712. The predicted molar refractivity (Wildman–Crippen MR) is 104 cm³/mol. The molecule has 0 aliphatic rings. The van der Waals surface area contributed by atoms with Gasteiger partial charge in [-0.2, -0.15) is 0 Å². The molecule has 0 fully saturated rings. The average molecular weight is 410 g/mol. The summed E-state index contributed by atoms with van der Waals surface area (Å²) in [7, 11) is 0. The Hall–Kier alpha value is -2.45. The molecule has 2 rings (SSSR count). The SMILES string of the molecule is CCNC(=O)[C@H](C)NC(=O)COC(=O)c1sc(-c2cccc(Cl)c2)nc1C. The second kappa shape index (κ2) is 9.48. The number of ether oxygens (including phenoxy) is 1. The van der Waals surface area contributed by atoms with E-state index in [1.807, 2.05) is 6.07 Å². The first-order chi connectivity index (χ1) is 12.8. The highest BCUT2D eigenvalue weighted by molar-refractivity contribution is 7.17. The monoisotopic (exact) mass is 409 g/mol. The van der Waals surface area contributed by atoms with Gasteiger partial charge in [0, 0.05) is 17.1 Å². The van der Waals surface area contributed by atoms with Crippen LogP contribution in [0.4, 0.5) is 0 Å². The van der Waals surface area contributed by atoms with Crippen molar-refractivity contribution in [3.8, 4) is 10.6 Å². The minimum absolute atomic E-state index is 0.304. The third kappa shape index (κ3) is 5.77. The maximum atomic E-state index is 12.3. The highest BCUT2D eigenvalue weighted by Gasteiger charge is 2.20. The number of thiazole rings is 1. The summed E-state index contributed by atoms with van der Waals surface area (Å²) in [6, 6.07) is 6.43. The van der Waals surface area contributed by atoms with E-state index in [4.69, 9.17) is 16.3 Å². The maximum absolute atomic E-state index is 12.3. The van der Waals surface area contributed by atoms with Crippen molar-refractivity contribution < 1.29 is 19.1 Å². The lowest BCUT2D eigenvalue weighted by molar-refractivity contribution is -0.130. The van der Waals surface area contributed by atoms with Gasteiger partial charge in [-0.05, 0) is 32.9 Å². The van der Waals surface area contributed by atoms with Crippen LogP contribution in [-0.2, 0) is 14.3 Å². The fourth-order valence-electron chi connectivity index (χ4n) is 2.20. The van der Waals surface area contributed by atoms with Crippen LogP contribution in [-0.4, -0.2) is 42.0 Å². The smallest absolute Gasteiger partial charge is 0.350 e. The molecule has 0 aliphatic carbocycles. The summed E-state index contributed by atoms with van der Waals surface area (Å²) in [6.07, 6.45) is 0. The first-order valence-electron chi connectivity index (χ1n) is 8.29. The molecule has 27 heavy (non-hydrogen) atoms. The molecule has 0 aliphatic heterocycles. The Labute approximate surface area is 166 Å². The highest BCUT2D eigenvalue weighted by Crippen LogP contribution is 2.29. The number of aryl methyl sites for hydroxylation is 1. The molecule has 0 bridgehead atoms. The summed E-state index contributed by atoms with van der Waals surface area (Å²) < 4.78 is 5.05. The molecule has 7 nitrogen and oxygen atoms in total. The number of hydrogen-bond acceptors (Lipinski definition) is 6. The summed E-state index contributed by atoms with van der Waals surface area (Å²) >= 11 is 7.15. The van der Waals surface area contributed by atoms with Crippen molar-refractivity contribution in [2.75, 3.05) is 13.2 Å². The number of carbonyl (C=O) groups is 3. The Bertz CT molecular complexity index is 853. The second-order valence-electron chi connectivity index (χ2n) is 5.70. The number of benzene rings is 1. The number of amides is 2. The van der Waals surface area contributed by atoms with E-state index < -0.39 is 24.5 Å². The van der Waals surface area contributed by atoms with Crippen molar-refractivity contribution in [3.63, 3.8) is 0 Å². The first kappa shape index (κ1) is 20.9. The minimum Gasteiger partial charge on any atom is -0.451 e. The number of likely N-dealkylation sites (N-methyl/N-ethyl adjacent to an activating group) is 1. The van der Waals surface area contributed by atoms with Crippen LogP contribution in [0.1, 0.15) is 29.2 Å². The van der Waals surface area contributed by atoms with Crippen molar-refractivity contribution in [3.05, 3.63) is 39.9 Å². The summed E-state index contributed by atoms with van der Waals surface area (Å²) in [4.78, 5) is 40.4. The van der Waals surface area contributed by atoms with Crippen LogP contribution in [0.5, 0.6) is 0 Å². The Balaban J connectivity index is 1.96. The lowest BCUT2D eigenvalue weighted by Gasteiger charge is -2.13. The number of halogens is 1. The quantitative estimate of drug-likeness (QED) is 0.685. The molecule has 1 heterocycles. The Morgan fingerprint density at radius 3 is 2.74 bits per heavy atom. The number of rotatable bonds is 7. The van der Waals surface area contributed by atoms with Gasteiger partial charge < -0.3 is 15.4 Å². The molecule has 0 radical (unpaired) electrons. The molecule has 1 aromatic carbocycles. The third-order valence-corrected chi connectivity index (χ3v) is 4.93. The molecule has 1 aromatic heterocycles. The number of nitrogens with one attached hydrogen (secondary N) is 2. The Morgan fingerprint density at radius 2 is 2.07 bits per heavy atom. The molecular weight excluding hydrogens is 390 g/mol. The van der Waals surface area contributed by atoms with Gasteiger partial charge in [0.25, 0.3) is 5.91 Å². The molecule has 2 amide bonds. The van der Waals surface area contributed by atoms with Gasteiger partial charge >= 0.3 is 5.97 Å². The molecular formula is C18H20ClN3O4S. The van der Waals surface area contributed by atoms with Crippen LogP contribution in [0, 0.1) is 6.92 Å². The predicted octanol–water partition coefficient (Wildman–Crippen LogP) is 2.57. The standard InChI is InChI=1S/C18H20ClN3O4S/c1-4-20-16(24)11(3)21-14(23)9-26-18(25)15-10(2)22-17(27-15)12-6-5-7-13(19)8-12/h5-8,11H,4,9H2,1-3H3,(H,20,24)(H,21,23)/t11-/m0/s1. The first-order valence-corrected chi connectivity index (χ1v) is 9.48. The Morgan fingerprint density at radius 1 is 1.33 bits per heavy atom. The van der Waals surface area contributed by atoms with E-state index in [1.54, 1.807) is 39.0 Å². The third-order valence-electron chi connectivity index (χ3n) is 3.51. The van der Waals surface area contributed by atoms with E-state index in [0.717, 1.165) is 5.56 Å². The van der Waals surface area contributed by atoms with Crippen LogP contribution in [0.2, 0.25) is 5.02 Å². The van der Waals surface area contributed by atoms with Gasteiger partial charge in [0.2, 0.25) is 5.91 Å². The fourth-order valence-corrected chi connectivity index (χ4v) is 3.35. The second-order valence-corrected chi connectivity index (χ2v) is 7.14. The van der Waals surface area contributed by atoms with E-state index in [0.29, 0.717) is 27.1 Å². The molecule has 0 spiro atoms.